The molecule has 35 heavy (non-hydrogen) atoms. The number of hydrogen-bond acceptors (Lipinski definition) is 3. The van der Waals surface area contributed by atoms with E-state index in [0.29, 0.717) is 23.7 Å². The first-order valence-corrected chi connectivity index (χ1v) is 12.3. The number of rotatable bonds is 11. The molecule has 0 saturated carbocycles. The highest BCUT2D eigenvalue weighted by atomic mass is 35.5. The molecule has 1 atom stereocenters. The molecule has 2 amide bonds. The molecular weight excluding hydrogens is 460 g/mol. The highest BCUT2D eigenvalue weighted by molar-refractivity contribution is 6.31. The van der Waals surface area contributed by atoms with Gasteiger partial charge in [-0.1, -0.05) is 79.2 Å². The van der Waals surface area contributed by atoms with Gasteiger partial charge in [-0.05, 0) is 54.7 Å². The van der Waals surface area contributed by atoms with Gasteiger partial charge >= 0.3 is 0 Å². The molecule has 3 aromatic carbocycles. The first-order chi connectivity index (χ1) is 16.9. The monoisotopic (exact) mass is 492 g/mol. The van der Waals surface area contributed by atoms with Crippen LogP contribution in [0.3, 0.4) is 0 Å². The summed E-state index contributed by atoms with van der Waals surface area (Å²) in [5.41, 5.74) is 3.82. The Morgan fingerprint density at radius 2 is 1.69 bits per heavy atom. The number of aryl methyl sites for hydroxylation is 1. The van der Waals surface area contributed by atoms with Crippen molar-refractivity contribution in [2.45, 2.75) is 46.2 Å². The van der Waals surface area contributed by atoms with Crippen molar-refractivity contribution in [2.75, 3.05) is 13.2 Å². The number of ether oxygens (including phenoxy) is 1. The number of benzene rings is 3. The molecule has 1 N–H and O–H groups in total. The number of carbonyl (C=O) groups is 2. The third-order valence-corrected chi connectivity index (χ3v) is 6.39. The van der Waals surface area contributed by atoms with Gasteiger partial charge in [0, 0.05) is 24.5 Å². The van der Waals surface area contributed by atoms with Crippen LogP contribution in [-0.2, 0) is 22.6 Å². The Bertz CT molecular complexity index is 1130. The van der Waals surface area contributed by atoms with Crippen molar-refractivity contribution < 1.29 is 14.3 Å². The second-order valence-electron chi connectivity index (χ2n) is 8.60. The molecule has 0 bridgehead atoms. The molecule has 0 aliphatic heterocycles. The zero-order valence-corrected chi connectivity index (χ0v) is 21.3. The Balaban J connectivity index is 1.92. The van der Waals surface area contributed by atoms with Crippen LogP contribution >= 0.6 is 11.6 Å². The third kappa shape index (κ3) is 7.33. The largest absolute Gasteiger partial charge is 0.483 e. The van der Waals surface area contributed by atoms with E-state index >= 15 is 0 Å². The van der Waals surface area contributed by atoms with Crippen LogP contribution in [0.4, 0.5) is 0 Å². The average Bonchev–Trinajstić information content (AvgIpc) is 2.87. The van der Waals surface area contributed by atoms with Gasteiger partial charge in [0.25, 0.3) is 5.91 Å². The fourth-order valence-electron chi connectivity index (χ4n) is 3.83. The molecule has 0 radical (unpaired) electrons. The number of carbonyl (C=O) groups excluding carboxylic acids is 2. The van der Waals surface area contributed by atoms with Crippen LogP contribution in [0, 0.1) is 13.8 Å². The van der Waals surface area contributed by atoms with Crippen LogP contribution in [-0.4, -0.2) is 35.9 Å². The molecule has 3 rings (SSSR count). The van der Waals surface area contributed by atoms with Gasteiger partial charge in [0.2, 0.25) is 5.91 Å². The van der Waals surface area contributed by atoms with Crippen molar-refractivity contribution in [1.29, 1.82) is 0 Å². The molecule has 6 heteroatoms. The lowest BCUT2D eigenvalue weighted by Crippen LogP contribution is -2.51. The van der Waals surface area contributed by atoms with E-state index in [-0.39, 0.29) is 25.0 Å². The summed E-state index contributed by atoms with van der Waals surface area (Å²) >= 11 is 6.44. The standard InChI is InChI=1S/C29H33ClN2O3/c1-4-17-31-29(34)26(18-23-12-6-5-7-13-23)32(19-24-14-8-9-15-25(24)30)28(33)20-35-27-16-10-11-21(2)22(27)3/h5-16,26H,4,17-20H2,1-3H3,(H,31,34). The first kappa shape index (κ1) is 26.3. The van der Waals surface area contributed by atoms with Gasteiger partial charge in [0.1, 0.15) is 11.8 Å². The van der Waals surface area contributed by atoms with Crippen molar-refractivity contribution in [3.8, 4) is 5.75 Å². The Hall–Kier alpha value is -3.31. The third-order valence-electron chi connectivity index (χ3n) is 6.02. The SMILES string of the molecule is CCCNC(=O)C(Cc1ccccc1)N(Cc1ccccc1Cl)C(=O)COc1cccc(C)c1C. The minimum atomic E-state index is -0.713. The van der Waals surface area contributed by atoms with E-state index in [2.05, 4.69) is 5.32 Å². The summed E-state index contributed by atoms with van der Waals surface area (Å²) in [7, 11) is 0. The lowest BCUT2D eigenvalue weighted by molar-refractivity contribution is -0.142. The normalized spacial score (nSPS) is 11.5. The number of halogens is 1. The van der Waals surface area contributed by atoms with Crippen LogP contribution in [0.5, 0.6) is 5.75 Å². The van der Waals surface area contributed by atoms with E-state index in [4.69, 9.17) is 16.3 Å². The lowest BCUT2D eigenvalue weighted by atomic mass is 10.0. The second-order valence-corrected chi connectivity index (χ2v) is 9.00. The highest BCUT2D eigenvalue weighted by Gasteiger charge is 2.31. The van der Waals surface area contributed by atoms with Crippen molar-refractivity contribution in [3.05, 3.63) is 100 Å². The number of nitrogens with zero attached hydrogens (tertiary/aromatic N) is 1. The summed E-state index contributed by atoms with van der Waals surface area (Å²) in [4.78, 5) is 28.5. The molecule has 0 spiro atoms. The van der Waals surface area contributed by atoms with Crippen LogP contribution in [0.15, 0.2) is 72.8 Å². The fraction of sp³-hybridized carbons (Fsp3) is 0.310. The maximum absolute atomic E-state index is 13.6. The fourth-order valence-corrected chi connectivity index (χ4v) is 4.03. The summed E-state index contributed by atoms with van der Waals surface area (Å²) in [6.45, 7) is 6.52. The van der Waals surface area contributed by atoms with Gasteiger partial charge in [0.15, 0.2) is 6.61 Å². The lowest BCUT2D eigenvalue weighted by Gasteiger charge is -2.31. The molecule has 0 saturated heterocycles. The first-order valence-electron chi connectivity index (χ1n) is 11.9. The van der Waals surface area contributed by atoms with Crippen LogP contribution in [0.2, 0.25) is 5.02 Å². The van der Waals surface area contributed by atoms with Crippen LogP contribution < -0.4 is 10.1 Å². The Morgan fingerprint density at radius 1 is 0.971 bits per heavy atom. The van der Waals surface area contributed by atoms with Gasteiger partial charge in [-0.2, -0.15) is 0 Å². The maximum atomic E-state index is 13.6. The van der Waals surface area contributed by atoms with Crippen LogP contribution in [0.25, 0.3) is 0 Å². The topological polar surface area (TPSA) is 58.6 Å². The molecule has 1 unspecified atom stereocenters. The average molecular weight is 493 g/mol. The summed E-state index contributed by atoms with van der Waals surface area (Å²) in [6.07, 6.45) is 1.19. The summed E-state index contributed by atoms with van der Waals surface area (Å²) in [5.74, 6) is 0.187. The molecule has 0 aromatic heterocycles. The van der Waals surface area contributed by atoms with Crippen molar-refractivity contribution >= 4 is 23.4 Å². The van der Waals surface area contributed by atoms with Crippen molar-refractivity contribution in [1.82, 2.24) is 10.2 Å². The summed E-state index contributed by atoms with van der Waals surface area (Å²) in [6, 6.07) is 22.1. The van der Waals surface area contributed by atoms with Gasteiger partial charge < -0.3 is 15.0 Å². The number of hydrogen-bond donors (Lipinski definition) is 1. The van der Waals surface area contributed by atoms with Gasteiger partial charge in [0.05, 0.1) is 0 Å². The number of amides is 2. The Labute approximate surface area is 213 Å². The molecular formula is C29H33ClN2O3. The zero-order valence-electron chi connectivity index (χ0n) is 20.6. The predicted molar refractivity (Wildman–Crippen MR) is 141 cm³/mol. The van der Waals surface area contributed by atoms with E-state index in [9.17, 15) is 9.59 Å². The molecule has 184 valence electrons. The minimum Gasteiger partial charge on any atom is -0.483 e. The van der Waals surface area contributed by atoms with Crippen LogP contribution in [0.1, 0.15) is 35.6 Å². The molecule has 3 aromatic rings. The van der Waals surface area contributed by atoms with Gasteiger partial charge in [-0.25, -0.2) is 0 Å². The highest BCUT2D eigenvalue weighted by Crippen LogP contribution is 2.23. The summed E-state index contributed by atoms with van der Waals surface area (Å²) in [5, 5.41) is 3.52. The van der Waals surface area contributed by atoms with E-state index in [0.717, 1.165) is 28.7 Å². The smallest absolute Gasteiger partial charge is 0.261 e. The Kier molecular flexibility index (Phi) is 9.74. The molecule has 0 heterocycles. The zero-order chi connectivity index (χ0) is 25.2. The van der Waals surface area contributed by atoms with E-state index in [1.165, 1.54) is 0 Å². The molecule has 0 fully saturated rings. The van der Waals surface area contributed by atoms with E-state index < -0.39 is 6.04 Å². The number of nitrogens with one attached hydrogen (secondary N) is 1. The second kappa shape index (κ2) is 13.0. The van der Waals surface area contributed by atoms with E-state index in [1.54, 1.807) is 11.0 Å². The molecule has 0 aliphatic rings. The van der Waals surface area contributed by atoms with Gasteiger partial charge in [-0.15, -0.1) is 0 Å². The minimum absolute atomic E-state index is 0.179. The van der Waals surface area contributed by atoms with Crippen molar-refractivity contribution in [2.24, 2.45) is 0 Å². The van der Waals surface area contributed by atoms with Crippen molar-refractivity contribution in [3.63, 3.8) is 0 Å². The van der Waals surface area contributed by atoms with E-state index in [1.807, 2.05) is 87.5 Å². The predicted octanol–water partition coefficient (Wildman–Crippen LogP) is 5.50. The maximum Gasteiger partial charge on any atom is 0.261 e. The summed E-state index contributed by atoms with van der Waals surface area (Å²) < 4.78 is 5.93. The molecule has 5 nitrogen and oxygen atoms in total. The van der Waals surface area contributed by atoms with Gasteiger partial charge in [-0.3, -0.25) is 9.59 Å². The quantitative estimate of drug-likeness (QED) is 0.384. The molecule has 0 aliphatic carbocycles. The Morgan fingerprint density at radius 3 is 2.40 bits per heavy atom.